The van der Waals surface area contributed by atoms with Gasteiger partial charge in [0.05, 0.1) is 0 Å². The van der Waals surface area contributed by atoms with Crippen LogP contribution in [0, 0.1) is 0 Å². The molecule has 0 fully saturated rings. The lowest BCUT2D eigenvalue weighted by atomic mass is 10.1. The minimum absolute atomic E-state index is 0.237. The van der Waals surface area contributed by atoms with Crippen molar-refractivity contribution in [3.8, 4) is 5.75 Å². The van der Waals surface area contributed by atoms with E-state index in [0.717, 1.165) is 18.5 Å². The molecular weight excluding hydrogens is 190 g/mol. The van der Waals surface area contributed by atoms with E-state index in [9.17, 15) is 4.79 Å². The maximum atomic E-state index is 11.5. The lowest BCUT2D eigenvalue weighted by molar-refractivity contribution is -0.118. The van der Waals surface area contributed by atoms with Gasteiger partial charge in [-0.1, -0.05) is 12.1 Å². The number of phenols is 1. The summed E-state index contributed by atoms with van der Waals surface area (Å²) in [6.45, 7) is 0.876. The molecule has 0 aromatic heterocycles. The van der Waals surface area contributed by atoms with Gasteiger partial charge in [0.1, 0.15) is 11.5 Å². The lowest BCUT2D eigenvalue weighted by Gasteiger charge is -2.01. The van der Waals surface area contributed by atoms with Crippen LogP contribution in [-0.2, 0) is 11.2 Å². The minimum atomic E-state index is 0.237. The molecule has 2 N–H and O–H groups in total. The van der Waals surface area contributed by atoms with Crippen molar-refractivity contribution in [3.63, 3.8) is 0 Å². The van der Waals surface area contributed by atoms with Gasteiger partial charge in [0.2, 0.25) is 0 Å². The van der Waals surface area contributed by atoms with Crippen LogP contribution in [0.4, 0.5) is 0 Å². The Kier molecular flexibility index (Phi) is 4.84. The monoisotopic (exact) mass is 207 g/mol. The number of hydrogen-bond acceptors (Lipinski definition) is 3. The Morgan fingerprint density at radius 1 is 1.33 bits per heavy atom. The number of carbonyl (C=O) groups excluding carboxylic acids is 1. The van der Waals surface area contributed by atoms with Crippen molar-refractivity contribution >= 4 is 5.78 Å². The Hall–Kier alpha value is -1.35. The number of benzene rings is 1. The summed E-state index contributed by atoms with van der Waals surface area (Å²) in [5, 5.41) is 12.1. The highest BCUT2D eigenvalue weighted by molar-refractivity contribution is 5.80. The van der Waals surface area contributed by atoms with Crippen molar-refractivity contribution in [1.29, 1.82) is 0 Å². The first kappa shape index (κ1) is 11.7. The number of carbonyl (C=O) groups is 1. The van der Waals surface area contributed by atoms with Crippen molar-refractivity contribution in [2.75, 3.05) is 13.6 Å². The first-order valence-corrected chi connectivity index (χ1v) is 5.16. The van der Waals surface area contributed by atoms with Crippen LogP contribution >= 0.6 is 0 Å². The predicted octanol–water partition coefficient (Wildman–Crippen LogP) is 1.50. The molecule has 3 heteroatoms. The van der Waals surface area contributed by atoms with Gasteiger partial charge in [-0.15, -0.1) is 0 Å². The van der Waals surface area contributed by atoms with E-state index in [1.807, 2.05) is 7.05 Å². The van der Waals surface area contributed by atoms with E-state index in [1.165, 1.54) is 0 Å². The third-order valence-electron chi connectivity index (χ3n) is 2.22. The molecule has 1 aromatic rings. The average molecular weight is 207 g/mol. The first-order chi connectivity index (χ1) is 7.22. The molecular formula is C12H17NO2. The molecule has 15 heavy (non-hydrogen) atoms. The molecule has 0 radical (unpaired) electrons. The molecule has 82 valence electrons. The molecule has 1 rings (SSSR count). The number of hydrogen-bond donors (Lipinski definition) is 2. The zero-order chi connectivity index (χ0) is 11.1. The summed E-state index contributed by atoms with van der Waals surface area (Å²) in [5.41, 5.74) is 0.960. The third kappa shape index (κ3) is 4.61. The van der Waals surface area contributed by atoms with Crippen LogP contribution in [0.15, 0.2) is 24.3 Å². The summed E-state index contributed by atoms with van der Waals surface area (Å²) in [6.07, 6.45) is 1.96. The Bertz CT molecular complexity index is 306. The Balaban J connectivity index is 2.34. The molecule has 0 bridgehead atoms. The average Bonchev–Trinajstić information content (AvgIpc) is 2.22. The first-order valence-electron chi connectivity index (χ1n) is 5.16. The standard InChI is InChI=1S/C12H17NO2/c1-13-8-2-3-12(15)9-10-4-6-11(14)7-5-10/h4-7,13-14H,2-3,8-9H2,1H3. The van der Waals surface area contributed by atoms with Crippen LogP contribution in [0.5, 0.6) is 5.75 Å². The van der Waals surface area contributed by atoms with Gasteiger partial charge >= 0.3 is 0 Å². The number of Topliss-reactive ketones (excluding diaryl/α,β-unsaturated/α-hetero) is 1. The third-order valence-corrected chi connectivity index (χ3v) is 2.22. The molecule has 0 saturated carbocycles. The van der Waals surface area contributed by atoms with Crippen LogP contribution in [0.25, 0.3) is 0 Å². The minimum Gasteiger partial charge on any atom is -0.508 e. The van der Waals surface area contributed by atoms with Gasteiger partial charge in [0.15, 0.2) is 0 Å². The summed E-state index contributed by atoms with van der Waals surface area (Å²) >= 11 is 0. The summed E-state index contributed by atoms with van der Waals surface area (Å²) in [4.78, 5) is 11.5. The number of aromatic hydroxyl groups is 1. The molecule has 0 heterocycles. The lowest BCUT2D eigenvalue weighted by Crippen LogP contribution is -2.11. The Morgan fingerprint density at radius 3 is 2.60 bits per heavy atom. The van der Waals surface area contributed by atoms with Crippen LogP contribution in [0.1, 0.15) is 18.4 Å². The van der Waals surface area contributed by atoms with Crippen molar-refractivity contribution in [2.24, 2.45) is 0 Å². The van der Waals surface area contributed by atoms with Crippen molar-refractivity contribution in [2.45, 2.75) is 19.3 Å². The van der Waals surface area contributed by atoms with E-state index in [4.69, 9.17) is 5.11 Å². The fraction of sp³-hybridized carbons (Fsp3) is 0.417. The van der Waals surface area contributed by atoms with Crippen LogP contribution in [-0.4, -0.2) is 24.5 Å². The van der Waals surface area contributed by atoms with Crippen molar-refractivity contribution in [3.05, 3.63) is 29.8 Å². The van der Waals surface area contributed by atoms with Crippen LogP contribution < -0.4 is 5.32 Å². The molecule has 0 saturated heterocycles. The van der Waals surface area contributed by atoms with Crippen LogP contribution in [0.3, 0.4) is 0 Å². The molecule has 3 nitrogen and oxygen atoms in total. The SMILES string of the molecule is CNCCCC(=O)Cc1ccc(O)cc1. The largest absolute Gasteiger partial charge is 0.508 e. The Morgan fingerprint density at radius 2 is 2.00 bits per heavy atom. The predicted molar refractivity (Wildman–Crippen MR) is 60.0 cm³/mol. The fourth-order valence-electron chi connectivity index (χ4n) is 1.39. The van der Waals surface area contributed by atoms with Crippen molar-refractivity contribution in [1.82, 2.24) is 5.32 Å². The maximum Gasteiger partial charge on any atom is 0.137 e. The number of phenolic OH excluding ortho intramolecular Hbond substituents is 1. The maximum absolute atomic E-state index is 11.5. The molecule has 0 unspecified atom stereocenters. The highest BCUT2D eigenvalue weighted by Gasteiger charge is 2.03. The van der Waals surface area contributed by atoms with Gasteiger partial charge in [0.25, 0.3) is 0 Å². The zero-order valence-electron chi connectivity index (χ0n) is 8.99. The quantitative estimate of drug-likeness (QED) is 0.695. The van der Waals surface area contributed by atoms with E-state index in [-0.39, 0.29) is 11.5 Å². The van der Waals surface area contributed by atoms with Gasteiger partial charge in [-0.2, -0.15) is 0 Å². The van der Waals surface area contributed by atoms with E-state index in [1.54, 1.807) is 24.3 Å². The highest BCUT2D eigenvalue weighted by atomic mass is 16.3. The second-order valence-corrected chi connectivity index (χ2v) is 3.59. The van der Waals surface area contributed by atoms with Crippen LogP contribution in [0.2, 0.25) is 0 Å². The molecule has 0 aliphatic carbocycles. The van der Waals surface area contributed by atoms with E-state index >= 15 is 0 Å². The normalized spacial score (nSPS) is 10.2. The number of ketones is 1. The summed E-state index contributed by atoms with van der Waals surface area (Å²) < 4.78 is 0. The van der Waals surface area contributed by atoms with Gasteiger partial charge in [-0.3, -0.25) is 4.79 Å². The molecule has 0 spiro atoms. The second kappa shape index (κ2) is 6.19. The fourth-order valence-corrected chi connectivity index (χ4v) is 1.39. The number of nitrogens with one attached hydrogen (secondary N) is 1. The van der Waals surface area contributed by atoms with Gasteiger partial charge in [-0.25, -0.2) is 0 Å². The summed E-state index contributed by atoms with van der Waals surface area (Å²) in [6, 6.07) is 6.78. The van der Waals surface area contributed by atoms with Gasteiger partial charge in [-0.05, 0) is 37.7 Å². The molecule has 0 atom stereocenters. The van der Waals surface area contributed by atoms with Gasteiger partial charge < -0.3 is 10.4 Å². The number of rotatable bonds is 6. The highest BCUT2D eigenvalue weighted by Crippen LogP contribution is 2.10. The zero-order valence-corrected chi connectivity index (χ0v) is 8.99. The molecule has 1 aromatic carbocycles. The van der Waals surface area contributed by atoms with Gasteiger partial charge in [0, 0.05) is 12.8 Å². The molecule has 0 aliphatic heterocycles. The smallest absolute Gasteiger partial charge is 0.137 e. The van der Waals surface area contributed by atoms with E-state index in [2.05, 4.69) is 5.32 Å². The molecule has 0 amide bonds. The van der Waals surface area contributed by atoms with Crippen molar-refractivity contribution < 1.29 is 9.90 Å². The summed E-state index contributed by atoms with van der Waals surface area (Å²) in [5.74, 6) is 0.484. The van der Waals surface area contributed by atoms with E-state index in [0.29, 0.717) is 12.8 Å². The van der Waals surface area contributed by atoms with E-state index < -0.39 is 0 Å². The topological polar surface area (TPSA) is 49.3 Å². The Labute approximate surface area is 90.1 Å². The molecule has 0 aliphatic rings. The second-order valence-electron chi connectivity index (χ2n) is 3.59. The summed E-state index contributed by atoms with van der Waals surface area (Å²) in [7, 11) is 1.88.